The van der Waals surface area contributed by atoms with Crippen LogP contribution in [0, 0.1) is 12.3 Å². The molecule has 3 aromatic rings. The molecule has 1 amide bonds. The minimum atomic E-state index is -0.637. The van der Waals surface area contributed by atoms with Crippen molar-refractivity contribution in [3.63, 3.8) is 0 Å². The van der Waals surface area contributed by atoms with Gasteiger partial charge in [-0.15, -0.1) is 6.42 Å². The SMILES string of the molecule is C#Cc1cccc2nc([C@H](C)NC(=O)OC(C)(C)C)n(-c3ccccc3)c(=O)c12. The molecule has 2 aromatic carbocycles. The van der Waals surface area contributed by atoms with Crippen LogP contribution in [0.1, 0.15) is 45.1 Å². The van der Waals surface area contributed by atoms with E-state index in [-0.39, 0.29) is 5.56 Å². The number of hydrogen-bond donors (Lipinski definition) is 1. The van der Waals surface area contributed by atoms with Crippen LogP contribution >= 0.6 is 0 Å². The van der Waals surface area contributed by atoms with Crippen molar-refractivity contribution in [2.45, 2.75) is 39.3 Å². The molecule has 0 saturated carbocycles. The van der Waals surface area contributed by atoms with E-state index in [1.165, 1.54) is 4.57 Å². The molecular formula is C23H23N3O3. The number of para-hydroxylation sites is 1. The van der Waals surface area contributed by atoms with Crippen LogP contribution in [0.25, 0.3) is 16.6 Å². The molecule has 1 heterocycles. The topological polar surface area (TPSA) is 73.2 Å². The highest BCUT2D eigenvalue weighted by atomic mass is 16.6. The van der Waals surface area contributed by atoms with Crippen LogP contribution in [-0.2, 0) is 4.74 Å². The van der Waals surface area contributed by atoms with Gasteiger partial charge in [0.2, 0.25) is 0 Å². The summed E-state index contributed by atoms with van der Waals surface area (Å²) in [7, 11) is 0. The van der Waals surface area contributed by atoms with Crippen LogP contribution < -0.4 is 10.9 Å². The molecule has 6 nitrogen and oxygen atoms in total. The first kappa shape index (κ1) is 20.2. The highest BCUT2D eigenvalue weighted by molar-refractivity contribution is 5.84. The van der Waals surface area contributed by atoms with Crippen molar-refractivity contribution < 1.29 is 9.53 Å². The second-order valence-corrected chi connectivity index (χ2v) is 7.66. The Morgan fingerprint density at radius 1 is 1.17 bits per heavy atom. The predicted octanol–water partition coefficient (Wildman–Crippen LogP) is 3.95. The van der Waals surface area contributed by atoms with E-state index in [0.717, 1.165) is 0 Å². The second kappa shape index (κ2) is 7.80. The van der Waals surface area contributed by atoms with Gasteiger partial charge in [0, 0.05) is 5.56 Å². The van der Waals surface area contributed by atoms with Crippen molar-refractivity contribution >= 4 is 17.0 Å². The van der Waals surface area contributed by atoms with E-state index < -0.39 is 17.7 Å². The molecule has 0 aliphatic carbocycles. The quantitative estimate of drug-likeness (QED) is 0.689. The van der Waals surface area contributed by atoms with Crippen LogP contribution in [0.2, 0.25) is 0 Å². The fourth-order valence-electron chi connectivity index (χ4n) is 3.03. The van der Waals surface area contributed by atoms with Crippen LogP contribution in [0.5, 0.6) is 0 Å². The molecule has 6 heteroatoms. The zero-order valence-corrected chi connectivity index (χ0v) is 16.9. The van der Waals surface area contributed by atoms with Gasteiger partial charge in [-0.1, -0.05) is 30.2 Å². The number of amides is 1. The Hall–Kier alpha value is -3.59. The molecule has 148 valence electrons. The number of fused-ring (bicyclic) bond motifs is 1. The Kier molecular flexibility index (Phi) is 5.42. The Morgan fingerprint density at radius 2 is 1.86 bits per heavy atom. The van der Waals surface area contributed by atoms with Gasteiger partial charge in [-0.25, -0.2) is 9.78 Å². The Balaban J connectivity index is 2.19. The number of carbonyl (C=O) groups excluding carboxylic acids is 1. The standard InChI is InChI=1S/C23H23N3O3/c1-6-16-11-10-14-18-19(16)21(27)26(17-12-8-7-9-13-17)20(25-18)15(2)24-22(28)29-23(3,4)5/h1,7-15H,2-5H3,(H,24,28)/t15-/m0/s1. The molecular weight excluding hydrogens is 366 g/mol. The summed E-state index contributed by atoms with van der Waals surface area (Å²) in [5.41, 5.74) is 0.658. The monoisotopic (exact) mass is 389 g/mol. The number of benzene rings is 2. The van der Waals surface area contributed by atoms with Crippen LogP contribution in [0.15, 0.2) is 53.3 Å². The van der Waals surface area contributed by atoms with E-state index in [0.29, 0.717) is 28.0 Å². The third-order valence-electron chi connectivity index (χ3n) is 4.21. The minimum Gasteiger partial charge on any atom is -0.444 e. The van der Waals surface area contributed by atoms with Crippen molar-refractivity contribution in [2.24, 2.45) is 0 Å². The Labute approximate surface area is 169 Å². The highest BCUT2D eigenvalue weighted by Crippen LogP contribution is 2.20. The summed E-state index contributed by atoms with van der Waals surface area (Å²) in [5.74, 6) is 2.94. The predicted molar refractivity (Wildman–Crippen MR) is 113 cm³/mol. The van der Waals surface area contributed by atoms with Gasteiger partial charge in [-0.05, 0) is 52.0 Å². The average Bonchev–Trinajstić information content (AvgIpc) is 2.66. The molecule has 1 N–H and O–H groups in total. The van der Waals surface area contributed by atoms with E-state index in [9.17, 15) is 9.59 Å². The van der Waals surface area contributed by atoms with Gasteiger partial charge in [0.05, 0.1) is 22.6 Å². The fraction of sp³-hybridized carbons (Fsp3) is 0.261. The van der Waals surface area contributed by atoms with Gasteiger partial charge < -0.3 is 10.1 Å². The van der Waals surface area contributed by atoms with Crippen molar-refractivity contribution in [1.29, 1.82) is 0 Å². The third kappa shape index (κ3) is 4.30. The molecule has 0 aliphatic heterocycles. The summed E-state index contributed by atoms with van der Waals surface area (Å²) in [5, 5.41) is 3.13. The number of alkyl carbamates (subject to hydrolysis) is 1. The first-order valence-electron chi connectivity index (χ1n) is 9.28. The number of terminal acetylenes is 1. The van der Waals surface area contributed by atoms with Crippen molar-refractivity contribution in [3.8, 4) is 18.0 Å². The normalized spacial score (nSPS) is 12.2. The number of ether oxygens (including phenoxy) is 1. The smallest absolute Gasteiger partial charge is 0.408 e. The van der Waals surface area contributed by atoms with E-state index in [1.807, 2.05) is 18.2 Å². The molecule has 29 heavy (non-hydrogen) atoms. The number of nitrogens with one attached hydrogen (secondary N) is 1. The summed E-state index contributed by atoms with van der Waals surface area (Å²) >= 11 is 0. The number of nitrogens with zero attached hydrogens (tertiary/aromatic N) is 2. The van der Waals surface area contributed by atoms with Crippen molar-refractivity contribution in [3.05, 3.63) is 70.3 Å². The molecule has 0 unspecified atom stereocenters. The zero-order valence-electron chi connectivity index (χ0n) is 16.9. The lowest BCUT2D eigenvalue weighted by atomic mass is 10.1. The second-order valence-electron chi connectivity index (χ2n) is 7.66. The van der Waals surface area contributed by atoms with Gasteiger partial charge in [-0.3, -0.25) is 9.36 Å². The lowest BCUT2D eigenvalue weighted by Gasteiger charge is -2.23. The van der Waals surface area contributed by atoms with Crippen LogP contribution in [-0.4, -0.2) is 21.2 Å². The highest BCUT2D eigenvalue weighted by Gasteiger charge is 2.23. The molecule has 0 bridgehead atoms. The van der Waals surface area contributed by atoms with E-state index in [4.69, 9.17) is 11.2 Å². The zero-order chi connectivity index (χ0) is 21.2. The van der Waals surface area contributed by atoms with Crippen molar-refractivity contribution in [2.75, 3.05) is 0 Å². The van der Waals surface area contributed by atoms with Crippen LogP contribution in [0.3, 0.4) is 0 Å². The summed E-state index contributed by atoms with van der Waals surface area (Å²) in [6, 6.07) is 13.7. The van der Waals surface area contributed by atoms with Crippen LogP contribution in [0.4, 0.5) is 4.79 Å². The fourth-order valence-corrected chi connectivity index (χ4v) is 3.03. The van der Waals surface area contributed by atoms with E-state index in [1.54, 1.807) is 58.0 Å². The Morgan fingerprint density at radius 3 is 2.48 bits per heavy atom. The maximum absolute atomic E-state index is 13.4. The van der Waals surface area contributed by atoms with E-state index in [2.05, 4.69) is 16.2 Å². The van der Waals surface area contributed by atoms with Gasteiger partial charge >= 0.3 is 6.09 Å². The maximum atomic E-state index is 13.4. The minimum absolute atomic E-state index is 0.289. The molecule has 0 saturated heterocycles. The summed E-state index contributed by atoms with van der Waals surface area (Å²) in [6.45, 7) is 7.11. The first-order valence-corrected chi connectivity index (χ1v) is 9.28. The number of rotatable bonds is 3. The summed E-state index contributed by atoms with van der Waals surface area (Å²) < 4.78 is 6.82. The molecule has 0 aliphatic rings. The van der Waals surface area contributed by atoms with Gasteiger partial charge in [-0.2, -0.15) is 0 Å². The molecule has 0 fully saturated rings. The largest absolute Gasteiger partial charge is 0.444 e. The maximum Gasteiger partial charge on any atom is 0.408 e. The third-order valence-corrected chi connectivity index (χ3v) is 4.21. The molecule has 1 atom stereocenters. The van der Waals surface area contributed by atoms with Gasteiger partial charge in [0.15, 0.2) is 0 Å². The van der Waals surface area contributed by atoms with E-state index >= 15 is 0 Å². The van der Waals surface area contributed by atoms with Gasteiger partial charge in [0.1, 0.15) is 11.4 Å². The number of aromatic nitrogens is 2. The first-order chi connectivity index (χ1) is 13.7. The number of carbonyl (C=O) groups is 1. The molecule has 3 rings (SSSR count). The number of hydrogen-bond acceptors (Lipinski definition) is 4. The molecule has 0 radical (unpaired) electrons. The summed E-state index contributed by atoms with van der Waals surface area (Å²) in [6.07, 6.45) is 5.01. The molecule has 0 spiro atoms. The Bertz CT molecular complexity index is 1150. The summed E-state index contributed by atoms with van der Waals surface area (Å²) in [4.78, 5) is 30.4. The molecule has 1 aromatic heterocycles. The van der Waals surface area contributed by atoms with Crippen molar-refractivity contribution in [1.82, 2.24) is 14.9 Å². The lowest BCUT2D eigenvalue weighted by Crippen LogP contribution is -2.37. The average molecular weight is 389 g/mol. The van der Waals surface area contributed by atoms with Gasteiger partial charge in [0.25, 0.3) is 5.56 Å². The lowest BCUT2D eigenvalue weighted by molar-refractivity contribution is 0.0505.